The first-order valence-corrected chi connectivity index (χ1v) is 8.27. The number of rotatable bonds is 7. The second-order valence-corrected chi connectivity index (χ2v) is 6.18. The van der Waals surface area contributed by atoms with Gasteiger partial charge in [-0.05, 0) is 56.7 Å². The van der Waals surface area contributed by atoms with Gasteiger partial charge in [-0.15, -0.1) is 0 Å². The molecule has 0 saturated heterocycles. The maximum atomic E-state index is 12.1. The number of amides is 1. The van der Waals surface area contributed by atoms with Crippen LogP contribution in [0.2, 0.25) is 5.02 Å². The number of hydrogen-bond donors (Lipinski definition) is 1. The van der Waals surface area contributed by atoms with E-state index in [4.69, 9.17) is 21.1 Å². The highest BCUT2D eigenvalue weighted by molar-refractivity contribution is 6.30. The number of carbonyl (C=O) groups is 1. The Morgan fingerprint density at radius 1 is 1.04 bits per heavy atom. The maximum absolute atomic E-state index is 12.1. The van der Waals surface area contributed by atoms with E-state index < -0.39 is 6.10 Å². The van der Waals surface area contributed by atoms with Crippen molar-refractivity contribution in [2.75, 3.05) is 0 Å². The number of carbonyl (C=O) groups excluding carboxylic acids is 1. The molecule has 0 bridgehead atoms. The molecular weight excluding hydrogens is 326 g/mol. The average Bonchev–Trinajstić information content (AvgIpc) is 2.53. The van der Waals surface area contributed by atoms with E-state index in [9.17, 15) is 4.79 Å². The molecule has 0 aliphatic carbocycles. The molecule has 0 heterocycles. The smallest absolute Gasteiger partial charge is 0.261 e. The van der Waals surface area contributed by atoms with Crippen molar-refractivity contribution in [1.29, 1.82) is 0 Å². The van der Waals surface area contributed by atoms with Crippen LogP contribution in [-0.2, 0) is 11.3 Å². The van der Waals surface area contributed by atoms with Gasteiger partial charge < -0.3 is 14.8 Å². The molecule has 0 radical (unpaired) electrons. The van der Waals surface area contributed by atoms with Crippen molar-refractivity contribution in [3.63, 3.8) is 0 Å². The topological polar surface area (TPSA) is 47.6 Å². The van der Waals surface area contributed by atoms with Crippen molar-refractivity contribution >= 4 is 17.5 Å². The van der Waals surface area contributed by atoms with E-state index in [2.05, 4.69) is 5.32 Å². The standard InChI is InChI=1S/C19H22ClNO3/c1-13(2)23-17-9-7-15(8-10-17)12-21-19(22)14(3)24-18-6-4-5-16(20)11-18/h4-11,13-14H,12H2,1-3H3,(H,21,22). The second-order valence-electron chi connectivity index (χ2n) is 5.75. The fourth-order valence-electron chi connectivity index (χ4n) is 2.09. The molecule has 24 heavy (non-hydrogen) atoms. The van der Waals surface area contributed by atoms with Crippen LogP contribution in [0, 0.1) is 0 Å². The van der Waals surface area contributed by atoms with Crippen molar-refractivity contribution in [2.24, 2.45) is 0 Å². The van der Waals surface area contributed by atoms with Crippen molar-refractivity contribution in [3.05, 3.63) is 59.1 Å². The maximum Gasteiger partial charge on any atom is 0.261 e. The Morgan fingerprint density at radius 3 is 2.38 bits per heavy atom. The Bertz CT molecular complexity index is 671. The Morgan fingerprint density at radius 2 is 1.75 bits per heavy atom. The third-order valence-corrected chi connectivity index (χ3v) is 3.48. The predicted octanol–water partition coefficient (Wildman–Crippen LogP) is 4.21. The van der Waals surface area contributed by atoms with Gasteiger partial charge in [0, 0.05) is 11.6 Å². The van der Waals surface area contributed by atoms with E-state index in [0.29, 0.717) is 17.3 Å². The minimum absolute atomic E-state index is 0.139. The fourth-order valence-corrected chi connectivity index (χ4v) is 2.27. The summed E-state index contributed by atoms with van der Waals surface area (Å²) >= 11 is 5.90. The van der Waals surface area contributed by atoms with Gasteiger partial charge in [-0.1, -0.05) is 29.8 Å². The number of ether oxygens (including phenoxy) is 2. The van der Waals surface area contributed by atoms with Crippen molar-refractivity contribution < 1.29 is 14.3 Å². The van der Waals surface area contributed by atoms with Crippen molar-refractivity contribution in [3.8, 4) is 11.5 Å². The van der Waals surface area contributed by atoms with Gasteiger partial charge in [0.15, 0.2) is 6.10 Å². The van der Waals surface area contributed by atoms with Gasteiger partial charge in [-0.25, -0.2) is 0 Å². The third kappa shape index (κ3) is 5.78. The zero-order valence-corrected chi connectivity index (χ0v) is 14.8. The summed E-state index contributed by atoms with van der Waals surface area (Å²) in [7, 11) is 0. The van der Waals surface area contributed by atoms with Crippen LogP contribution in [0.25, 0.3) is 0 Å². The van der Waals surface area contributed by atoms with Crippen LogP contribution in [0.15, 0.2) is 48.5 Å². The SMILES string of the molecule is CC(C)Oc1ccc(CNC(=O)C(C)Oc2cccc(Cl)c2)cc1. The van der Waals surface area contributed by atoms with Crippen LogP contribution in [0.3, 0.4) is 0 Å². The summed E-state index contributed by atoms with van der Waals surface area (Å²) in [6.07, 6.45) is -0.466. The molecule has 128 valence electrons. The predicted molar refractivity (Wildman–Crippen MR) is 95.6 cm³/mol. The van der Waals surface area contributed by atoms with Gasteiger partial charge in [0.1, 0.15) is 11.5 Å². The zero-order valence-electron chi connectivity index (χ0n) is 14.1. The first-order valence-electron chi connectivity index (χ1n) is 7.89. The normalized spacial score (nSPS) is 11.9. The molecule has 4 nitrogen and oxygen atoms in total. The Balaban J connectivity index is 1.83. The highest BCUT2D eigenvalue weighted by Gasteiger charge is 2.14. The molecule has 0 spiro atoms. The van der Waals surface area contributed by atoms with Gasteiger partial charge in [-0.3, -0.25) is 4.79 Å². The molecule has 0 aromatic heterocycles. The summed E-state index contributed by atoms with van der Waals surface area (Å²) < 4.78 is 11.2. The third-order valence-electron chi connectivity index (χ3n) is 3.24. The molecule has 0 aliphatic heterocycles. The Kier molecular flexibility index (Phi) is 6.50. The molecule has 0 fully saturated rings. The van der Waals surface area contributed by atoms with E-state index in [1.54, 1.807) is 31.2 Å². The largest absolute Gasteiger partial charge is 0.491 e. The first kappa shape index (κ1) is 18.1. The molecule has 5 heteroatoms. The summed E-state index contributed by atoms with van der Waals surface area (Å²) in [6, 6.07) is 14.6. The van der Waals surface area contributed by atoms with Gasteiger partial charge >= 0.3 is 0 Å². The van der Waals surface area contributed by atoms with Crippen LogP contribution < -0.4 is 14.8 Å². The second kappa shape index (κ2) is 8.60. The molecule has 1 N–H and O–H groups in total. The van der Waals surface area contributed by atoms with E-state index in [1.165, 1.54) is 0 Å². The number of halogens is 1. The van der Waals surface area contributed by atoms with Crippen LogP contribution >= 0.6 is 11.6 Å². The molecule has 1 unspecified atom stereocenters. The lowest BCUT2D eigenvalue weighted by molar-refractivity contribution is -0.127. The lowest BCUT2D eigenvalue weighted by Gasteiger charge is -2.15. The highest BCUT2D eigenvalue weighted by atomic mass is 35.5. The number of benzene rings is 2. The summed E-state index contributed by atoms with van der Waals surface area (Å²) in [6.45, 7) is 6.10. The van der Waals surface area contributed by atoms with Crippen LogP contribution in [0.4, 0.5) is 0 Å². The van der Waals surface area contributed by atoms with E-state index in [0.717, 1.165) is 11.3 Å². The summed E-state index contributed by atoms with van der Waals surface area (Å²) in [5, 5.41) is 3.43. The van der Waals surface area contributed by atoms with Crippen LogP contribution in [0.1, 0.15) is 26.3 Å². The zero-order chi connectivity index (χ0) is 17.5. The first-order chi connectivity index (χ1) is 11.4. The van der Waals surface area contributed by atoms with Crippen molar-refractivity contribution in [1.82, 2.24) is 5.32 Å². The average molecular weight is 348 g/mol. The van der Waals surface area contributed by atoms with Crippen LogP contribution in [0.5, 0.6) is 11.5 Å². The van der Waals surface area contributed by atoms with Gasteiger partial charge in [0.05, 0.1) is 6.10 Å². The number of nitrogens with one attached hydrogen (secondary N) is 1. The van der Waals surface area contributed by atoms with Crippen LogP contribution in [-0.4, -0.2) is 18.1 Å². The molecule has 2 aromatic carbocycles. The summed E-state index contributed by atoms with van der Waals surface area (Å²) in [5.74, 6) is 1.20. The lowest BCUT2D eigenvalue weighted by Crippen LogP contribution is -2.35. The van der Waals surface area contributed by atoms with Gasteiger partial charge in [0.2, 0.25) is 0 Å². The number of hydrogen-bond acceptors (Lipinski definition) is 3. The highest BCUT2D eigenvalue weighted by Crippen LogP contribution is 2.18. The van der Waals surface area contributed by atoms with Gasteiger partial charge in [0.25, 0.3) is 5.91 Å². The molecule has 2 rings (SSSR count). The summed E-state index contributed by atoms with van der Waals surface area (Å²) in [4.78, 5) is 12.1. The van der Waals surface area contributed by atoms with E-state index in [1.807, 2.05) is 38.1 Å². The minimum Gasteiger partial charge on any atom is -0.491 e. The lowest BCUT2D eigenvalue weighted by atomic mass is 10.2. The van der Waals surface area contributed by atoms with Gasteiger partial charge in [-0.2, -0.15) is 0 Å². The van der Waals surface area contributed by atoms with Crippen molar-refractivity contribution in [2.45, 2.75) is 39.5 Å². The molecule has 1 amide bonds. The fraction of sp³-hybridized carbons (Fsp3) is 0.316. The monoisotopic (exact) mass is 347 g/mol. The van der Waals surface area contributed by atoms with E-state index >= 15 is 0 Å². The van der Waals surface area contributed by atoms with E-state index in [-0.39, 0.29) is 12.0 Å². The quantitative estimate of drug-likeness (QED) is 0.816. The Hall–Kier alpha value is -2.20. The molecule has 1 atom stereocenters. The molecule has 0 saturated carbocycles. The minimum atomic E-state index is -0.605. The molecule has 2 aromatic rings. The molecule has 0 aliphatic rings. The Labute approximate surface area is 147 Å². The molecular formula is C19H22ClNO3. The summed E-state index contributed by atoms with van der Waals surface area (Å²) in [5.41, 5.74) is 0.995.